The van der Waals surface area contributed by atoms with Crippen molar-refractivity contribution in [2.45, 2.75) is 19.9 Å². The van der Waals surface area contributed by atoms with Gasteiger partial charge in [-0.15, -0.1) is 0 Å². The third-order valence-electron chi connectivity index (χ3n) is 2.79. The Hall–Kier alpha value is -0.920. The average Bonchev–Trinajstić information content (AvgIpc) is 2.67. The highest BCUT2D eigenvalue weighted by Gasteiger charge is 2.12. The molecule has 0 radical (unpaired) electrons. The fraction of sp³-hybridized carbons (Fsp3) is 0.727. The molecule has 0 fully saturated rings. The summed E-state index contributed by atoms with van der Waals surface area (Å²) in [5.74, 6) is 0.977. The summed E-state index contributed by atoms with van der Waals surface area (Å²) in [6.45, 7) is 4.41. The average molecular weight is 274 g/mol. The van der Waals surface area contributed by atoms with Crippen LogP contribution in [0.1, 0.15) is 19.2 Å². The van der Waals surface area contributed by atoms with Crippen molar-refractivity contribution in [3.05, 3.63) is 18.2 Å². The van der Waals surface area contributed by atoms with Gasteiger partial charge < -0.3 is 9.88 Å². The summed E-state index contributed by atoms with van der Waals surface area (Å²) in [5, 5.41) is 3.25. The first-order valence-corrected chi connectivity index (χ1v) is 7.92. The van der Waals surface area contributed by atoms with E-state index in [0.29, 0.717) is 19.6 Å². The molecule has 0 atom stereocenters. The van der Waals surface area contributed by atoms with Crippen LogP contribution in [0.2, 0.25) is 0 Å². The number of rotatable bonds is 8. The Morgan fingerprint density at radius 3 is 2.72 bits per heavy atom. The number of nitrogens with zero attached hydrogens (tertiary/aromatic N) is 3. The second-order valence-electron chi connectivity index (χ2n) is 4.24. The van der Waals surface area contributed by atoms with Gasteiger partial charge in [-0.25, -0.2) is 17.7 Å². The lowest BCUT2D eigenvalue weighted by atomic mass is 10.4. The molecule has 18 heavy (non-hydrogen) atoms. The Morgan fingerprint density at radius 2 is 2.22 bits per heavy atom. The molecule has 0 saturated heterocycles. The maximum atomic E-state index is 11.3. The minimum Gasteiger partial charge on any atom is -0.337 e. The lowest BCUT2D eigenvalue weighted by molar-refractivity contribution is 0.418. The van der Waals surface area contributed by atoms with E-state index in [2.05, 4.69) is 10.3 Å². The molecule has 0 aliphatic rings. The van der Waals surface area contributed by atoms with Gasteiger partial charge in [-0.1, -0.05) is 6.92 Å². The molecule has 6 nitrogen and oxygen atoms in total. The van der Waals surface area contributed by atoms with Crippen LogP contribution < -0.4 is 5.32 Å². The topological polar surface area (TPSA) is 67.2 Å². The Balaban J connectivity index is 2.21. The van der Waals surface area contributed by atoms with Crippen molar-refractivity contribution < 1.29 is 8.42 Å². The van der Waals surface area contributed by atoms with E-state index in [1.807, 2.05) is 24.7 Å². The second kappa shape index (κ2) is 6.86. The Bertz CT molecular complexity index is 455. The standard InChI is InChI=1S/C11H22N4O2S/c1-4-15(18(3,16)17)8-5-6-12-10-11-13-7-9-14(11)2/h7,9,12H,4-6,8,10H2,1-3H3. The Labute approximate surface area is 109 Å². The van der Waals surface area contributed by atoms with Crippen LogP contribution in [0.15, 0.2) is 12.4 Å². The summed E-state index contributed by atoms with van der Waals surface area (Å²) in [6.07, 6.45) is 5.71. The second-order valence-corrected chi connectivity index (χ2v) is 6.22. The fourth-order valence-electron chi connectivity index (χ4n) is 1.71. The summed E-state index contributed by atoms with van der Waals surface area (Å²) >= 11 is 0. The molecule has 0 bridgehead atoms. The first kappa shape index (κ1) is 15.1. The molecule has 0 unspecified atom stereocenters. The zero-order valence-electron chi connectivity index (χ0n) is 11.3. The van der Waals surface area contributed by atoms with E-state index < -0.39 is 10.0 Å². The van der Waals surface area contributed by atoms with Crippen LogP contribution in [-0.2, 0) is 23.6 Å². The molecule has 0 spiro atoms. The zero-order chi connectivity index (χ0) is 13.6. The first-order chi connectivity index (χ1) is 8.45. The van der Waals surface area contributed by atoms with E-state index in [1.54, 1.807) is 6.20 Å². The van der Waals surface area contributed by atoms with Crippen molar-refractivity contribution in [1.29, 1.82) is 0 Å². The van der Waals surface area contributed by atoms with E-state index in [1.165, 1.54) is 10.6 Å². The van der Waals surface area contributed by atoms with Gasteiger partial charge in [-0.2, -0.15) is 0 Å². The predicted octanol–water partition coefficient (Wildman–Crippen LogP) is 0.181. The van der Waals surface area contributed by atoms with Crippen molar-refractivity contribution in [3.8, 4) is 0 Å². The monoisotopic (exact) mass is 274 g/mol. The van der Waals surface area contributed by atoms with E-state index in [9.17, 15) is 8.42 Å². The van der Waals surface area contributed by atoms with Gasteiger partial charge in [0.05, 0.1) is 12.8 Å². The highest BCUT2D eigenvalue weighted by molar-refractivity contribution is 7.88. The molecule has 1 aromatic heterocycles. The Morgan fingerprint density at radius 1 is 1.50 bits per heavy atom. The van der Waals surface area contributed by atoms with Gasteiger partial charge in [-0.3, -0.25) is 0 Å². The number of hydrogen-bond acceptors (Lipinski definition) is 4. The van der Waals surface area contributed by atoms with Gasteiger partial charge in [0.25, 0.3) is 0 Å². The first-order valence-electron chi connectivity index (χ1n) is 6.07. The molecule has 0 amide bonds. The SMILES string of the molecule is CCN(CCCNCc1nccn1C)S(C)(=O)=O. The summed E-state index contributed by atoms with van der Waals surface area (Å²) in [6, 6.07) is 0. The number of imidazole rings is 1. The highest BCUT2D eigenvalue weighted by Crippen LogP contribution is 1.98. The number of hydrogen-bond donors (Lipinski definition) is 1. The Kier molecular flexibility index (Phi) is 5.77. The number of aromatic nitrogens is 2. The molecule has 1 heterocycles. The molecule has 1 N–H and O–H groups in total. The predicted molar refractivity (Wildman–Crippen MR) is 71.6 cm³/mol. The molecule has 104 valence electrons. The smallest absolute Gasteiger partial charge is 0.211 e. The van der Waals surface area contributed by atoms with Crippen molar-refractivity contribution in [1.82, 2.24) is 19.2 Å². The highest BCUT2D eigenvalue weighted by atomic mass is 32.2. The van der Waals surface area contributed by atoms with Gasteiger partial charge >= 0.3 is 0 Å². The number of aryl methyl sites for hydroxylation is 1. The summed E-state index contributed by atoms with van der Waals surface area (Å²) in [4.78, 5) is 4.20. The molecule has 0 aliphatic heterocycles. The van der Waals surface area contributed by atoms with Gasteiger partial charge in [0.2, 0.25) is 10.0 Å². The maximum absolute atomic E-state index is 11.3. The molecule has 0 saturated carbocycles. The minimum absolute atomic E-state index is 0.526. The van der Waals surface area contributed by atoms with Gasteiger partial charge in [0, 0.05) is 32.5 Å². The van der Waals surface area contributed by atoms with E-state index in [4.69, 9.17) is 0 Å². The lowest BCUT2D eigenvalue weighted by Crippen LogP contribution is -2.32. The summed E-state index contributed by atoms with van der Waals surface area (Å²) in [5.41, 5.74) is 0. The van der Waals surface area contributed by atoms with Crippen molar-refractivity contribution >= 4 is 10.0 Å². The van der Waals surface area contributed by atoms with Crippen LogP contribution >= 0.6 is 0 Å². The number of nitrogens with one attached hydrogen (secondary N) is 1. The molecule has 7 heteroatoms. The van der Waals surface area contributed by atoms with Crippen LogP contribution in [0.25, 0.3) is 0 Å². The van der Waals surface area contributed by atoms with Crippen LogP contribution in [-0.4, -0.2) is 48.2 Å². The van der Waals surface area contributed by atoms with Gasteiger partial charge in [-0.05, 0) is 13.0 Å². The molecule has 1 aromatic rings. The largest absolute Gasteiger partial charge is 0.337 e. The molecule has 1 rings (SSSR count). The molecular weight excluding hydrogens is 252 g/mol. The molecular formula is C11H22N4O2S. The van der Waals surface area contributed by atoms with Crippen LogP contribution in [0.3, 0.4) is 0 Å². The maximum Gasteiger partial charge on any atom is 0.211 e. The van der Waals surface area contributed by atoms with E-state index in [0.717, 1.165) is 18.8 Å². The van der Waals surface area contributed by atoms with Gasteiger partial charge in [0.15, 0.2) is 0 Å². The van der Waals surface area contributed by atoms with Crippen LogP contribution in [0.4, 0.5) is 0 Å². The van der Waals surface area contributed by atoms with Crippen molar-refractivity contribution in [2.24, 2.45) is 7.05 Å². The third-order valence-corrected chi connectivity index (χ3v) is 4.17. The minimum atomic E-state index is -3.06. The van der Waals surface area contributed by atoms with E-state index in [-0.39, 0.29) is 0 Å². The summed E-state index contributed by atoms with van der Waals surface area (Å²) < 4.78 is 26.1. The number of sulfonamides is 1. The zero-order valence-corrected chi connectivity index (χ0v) is 12.1. The van der Waals surface area contributed by atoms with Gasteiger partial charge in [0.1, 0.15) is 5.82 Å². The summed E-state index contributed by atoms with van der Waals surface area (Å²) in [7, 11) is -1.11. The molecule has 0 aliphatic carbocycles. The normalized spacial score (nSPS) is 12.2. The van der Waals surface area contributed by atoms with Crippen molar-refractivity contribution in [3.63, 3.8) is 0 Å². The quantitative estimate of drug-likeness (QED) is 0.687. The van der Waals surface area contributed by atoms with Crippen molar-refractivity contribution in [2.75, 3.05) is 25.9 Å². The fourth-order valence-corrected chi connectivity index (χ4v) is 2.64. The lowest BCUT2D eigenvalue weighted by Gasteiger charge is -2.17. The molecule has 0 aromatic carbocycles. The van der Waals surface area contributed by atoms with Crippen LogP contribution in [0, 0.1) is 0 Å². The third kappa shape index (κ3) is 4.75. The van der Waals surface area contributed by atoms with E-state index >= 15 is 0 Å². The van der Waals surface area contributed by atoms with Crippen LogP contribution in [0.5, 0.6) is 0 Å².